The van der Waals surface area contributed by atoms with E-state index in [1.165, 1.54) is 0 Å². The number of carbonyl (C=O) groups excluding carboxylic acids is 3. The lowest BCUT2D eigenvalue weighted by Crippen LogP contribution is -2.55. The van der Waals surface area contributed by atoms with Crippen LogP contribution in [0.15, 0.2) is 49.1 Å². The molecule has 2 aromatic heterocycles. The monoisotopic (exact) mass is 806 g/mol. The molecule has 2 aliphatic carbocycles. The molecule has 2 aliphatic heterocycles. The zero-order valence-corrected chi connectivity index (χ0v) is 34.5. The van der Waals surface area contributed by atoms with Gasteiger partial charge in [-0.25, -0.2) is 13.4 Å². The van der Waals surface area contributed by atoms with Crippen molar-refractivity contribution in [3.05, 3.63) is 59.8 Å². The van der Waals surface area contributed by atoms with Crippen molar-refractivity contribution in [3.63, 3.8) is 0 Å². The highest BCUT2D eigenvalue weighted by molar-refractivity contribution is 7.91. The molecule has 0 bridgehead atoms. The molecule has 7 rings (SSSR count). The Labute approximate surface area is 333 Å². The van der Waals surface area contributed by atoms with Crippen molar-refractivity contribution in [2.75, 3.05) is 20.3 Å². The predicted molar refractivity (Wildman–Crippen MR) is 213 cm³/mol. The fraction of sp³-hybridized carbons (Fsp3) is 0.548. The van der Waals surface area contributed by atoms with E-state index in [1.54, 1.807) is 31.1 Å². The van der Waals surface area contributed by atoms with E-state index in [0.29, 0.717) is 77.5 Å². The number of ketones is 1. The van der Waals surface area contributed by atoms with Gasteiger partial charge in [0.25, 0.3) is 0 Å². The first kappa shape index (κ1) is 40.1. The summed E-state index contributed by atoms with van der Waals surface area (Å²) >= 11 is 6.96. The van der Waals surface area contributed by atoms with Crippen molar-refractivity contribution in [2.24, 2.45) is 22.7 Å². The number of hydrogen-bond acceptors (Lipinski definition) is 10. The van der Waals surface area contributed by atoms with E-state index in [1.807, 2.05) is 58.0 Å². The summed E-state index contributed by atoms with van der Waals surface area (Å²) in [5.41, 5.74) is 0.767. The van der Waals surface area contributed by atoms with Gasteiger partial charge in [0, 0.05) is 43.0 Å². The van der Waals surface area contributed by atoms with Crippen LogP contribution in [0.4, 0.5) is 0 Å². The number of Topliss-reactive ketones (excluding diaryl/α,β-unsaturated/α-hetero) is 1. The van der Waals surface area contributed by atoms with Crippen LogP contribution in [0.3, 0.4) is 0 Å². The minimum absolute atomic E-state index is 0.123. The lowest BCUT2D eigenvalue weighted by Gasteiger charge is -2.43. The SMILES string of the molecule is C=C[C@@H]1C[C@]1(CC(=O)[C@@H]1C[C@@H](Oc2cc(-c3cccc(C)n3)nc3c(Cl)c(OCCOC)ccc23)[C@H]2CC[C@H](C(C)(C)C)C(=O)N21)C(=O)NS(=O)(=O)C1(C)CC1. The Balaban J connectivity index is 1.24. The maximum Gasteiger partial charge on any atom is 0.240 e. The first-order valence-corrected chi connectivity index (χ1v) is 21.2. The number of pyridine rings is 2. The van der Waals surface area contributed by atoms with Crippen LogP contribution in [0, 0.1) is 29.6 Å². The first-order valence-electron chi connectivity index (χ1n) is 19.3. The number of methoxy groups -OCH3 is 1. The molecule has 1 N–H and O–H groups in total. The molecule has 6 atom stereocenters. The highest BCUT2D eigenvalue weighted by Gasteiger charge is 2.63. The summed E-state index contributed by atoms with van der Waals surface area (Å²) in [5.74, 6) is -0.916. The second kappa shape index (κ2) is 14.7. The van der Waals surface area contributed by atoms with Crippen LogP contribution in [0.25, 0.3) is 22.3 Å². The molecule has 0 unspecified atom stereocenters. The van der Waals surface area contributed by atoms with Gasteiger partial charge < -0.3 is 19.1 Å². The Morgan fingerprint density at radius 1 is 1.09 bits per heavy atom. The molecule has 1 aromatic carbocycles. The Bertz CT molecular complexity index is 2200. The number of allylic oxidation sites excluding steroid dienone is 1. The number of sulfonamides is 1. The molecule has 4 fully saturated rings. The van der Waals surface area contributed by atoms with Gasteiger partial charge in [0.1, 0.15) is 29.2 Å². The number of ether oxygens (including phenoxy) is 3. The summed E-state index contributed by atoms with van der Waals surface area (Å²) in [6.45, 7) is 14.1. The second-order valence-electron chi connectivity index (χ2n) is 17.2. The van der Waals surface area contributed by atoms with E-state index in [2.05, 4.69) is 11.3 Å². The summed E-state index contributed by atoms with van der Waals surface area (Å²) in [6, 6.07) is 9.73. The van der Waals surface area contributed by atoms with E-state index in [0.717, 1.165) is 5.69 Å². The quantitative estimate of drug-likeness (QED) is 0.139. The van der Waals surface area contributed by atoms with Crippen molar-refractivity contribution >= 4 is 50.1 Å². The van der Waals surface area contributed by atoms with Crippen LogP contribution in [-0.2, 0) is 29.1 Å². The fourth-order valence-electron chi connectivity index (χ4n) is 8.44. The normalized spacial score (nSPS) is 26.7. The average molecular weight is 807 g/mol. The largest absolute Gasteiger partial charge is 0.490 e. The molecule has 300 valence electrons. The van der Waals surface area contributed by atoms with Crippen molar-refractivity contribution < 1.29 is 37.0 Å². The number of hydrogen-bond donors (Lipinski definition) is 1. The molecule has 2 saturated carbocycles. The molecule has 14 heteroatoms. The number of aromatic nitrogens is 2. The first-order chi connectivity index (χ1) is 26.4. The van der Waals surface area contributed by atoms with Crippen LogP contribution in [-0.4, -0.2) is 84.1 Å². The lowest BCUT2D eigenvalue weighted by atomic mass is 9.74. The number of carbonyl (C=O) groups is 3. The number of piperidine rings is 1. The molecule has 4 heterocycles. The van der Waals surface area contributed by atoms with E-state index >= 15 is 0 Å². The molecular formula is C42H51ClN4O8S. The second-order valence-corrected chi connectivity index (χ2v) is 19.8. The van der Waals surface area contributed by atoms with Crippen molar-refractivity contribution in [1.29, 1.82) is 0 Å². The molecule has 4 aliphatic rings. The van der Waals surface area contributed by atoms with Gasteiger partial charge in [0.15, 0.2) is 5.78 Å². The van der Waals surface area contributed by atoms with Crippen molar-refractivity contribution in [1.82, 2.24) is 19.6 Å². The highest BCUT2D eigenvalue weighted by atomic mass is 35.5. The molecule has 0 spiro atoms. The van der Waals surface area contributed by atoms with Crippen LogP contribution in [0.5, 0.6) is 11.5 Å². The number of nitrogens with zero attached hydrogens (tertiary/aromatic N) is 3. The Hall–Kier alpha value is -4.07. The maximum atomic E-state index is 14.6. The van der Waals surface area contributed by atoms with Gasteiger partial charge in [-0.05, 0) is 81.5 Å². The van der Waals surface area contributed by atoms with Crippen LogP contribution in [0.1, 0.15) is 78.3 Å². The van der Waals surface area contributed by atoms with E-state index in [-0.39, 0.29) is 48.4 Å². The maximum absolute atomic E-state index is 14.6. The Kier molecular flexibility index (Phi) is 10.5. The smallest absolute Gasteiger partial charge is 0.240 e. The molecular weight excluding hydrogens is 756 g/mol. The van der Waals surface area contributed by atoms with E-state index in [9.17, 15) is 22.8 Å². The molecule has 12 nitrogen and oxygen atoms in total. The summed E-state index contributed by atoms with van der Waals surface area (Å²) in [6.07, 6.45) is 3.43. The van der Waals surface area contributed by atoms with Crippen molar-refractivity contribution in [2.45, 2.75) is 102 Å². The molecule has 2 saturated heterocycles. The topological polar surface area (TPSA) is 154 Å². The minimum Gasteiger partial charge on any atom is -0.490 e. The number of aryl methyl sites for hydroxylation is 1. The molecule has 56 heavy (non-hydrogen) atoms. The molecule has 3 aromatic rings. The van der Waals surface area contributed by atoms with E-state index < -0.39 is 44.3 Å². The third kappa shape index (κ3) is 7.30. The number of fused-ring (bicyclic) bond motifs is 2. The van der Waals surface area contributed by atoms with Gasteiger partial charge in [-0.3, -0.25) is 24.1 Å². The van der Waals surface area contributed by atoms with Gasteiger partial charge in [-0.15, -0.1) is 6.58 Å². The van der Waals surface area contributed by atoms with Gasteiger partial charge >= 0.3 is 0 Å². The zero-order chi connectivity index (χ0) is 40.4. The number of benzene rings is 1. The predicted octanol–water partition coefficient (Wildman–Crippen LogP) is 6.61. The number of nitrogens with one attached hydrogen (secondary N) is 1. The summed E-state index contributed by atoms with van der Waals surface area (Å²) in [4.78, 5) is 54.1. The average Bonchev–Trinajstić information content (AvgIpc) is 4.04. The third-order valence-corrected chi connectivity index (χ3v) is 14.8. The van der Waals surface area contributed by atoms with Crippen molar-refractivity contribution in [3.8, 4) is 22.9 Å². The van der Waals surface area contributed by atoms with Gasteiger partial charge in [0.2, 0.25) is 21.8 Å². The number of halogens is 1. The number of amides is 2. The number of rotatable bonds is 14. The third-order valence-electron chi connectivity index (χ3n) is 12.3. The van der Waals surface area contributed by atoms with Gasteiger partial charge in [-0.2, -0.15) is 0 Å². The summed E-state index contributed by atoms with van der Waals surface area (Å²) < 4.78 is 45.5. The van der Waals surface area contributed by atoms with E-state index in [4.69, 9.17) is 35.8 Å². The minimum atomic E-state index is -3.93. The molecule has 2 amide bonds. The highest BCUT2D eigenvalue weighted by Crippen LogP contribution is 2.58. The van der Waals surface area contributed by atoms with Crippen LogP contribution in [0.2, 0.25) is 5.02 Å². The van der Waals surface area contributed by atoms with Crippen LogP contribution < -0.4 is 14.2 Å². The summed E-state index contributed by atoms with van der Waals surface area (Å²) in [7, 11) is -2.34. The lowest BCUT2D eigenvalue weighted by molar-refractivity contribution is -0.151. The zero-order valence-electron chi connectivity index (χ0n) is 32.9. The molecule has 0 radical (unpaired) electrons. The standard InChI is InChI=1S/C42H51ClN4O8S/c1-8-25-22-42(25,39(50)46-56(51,52)41(6)16-17-41)23-32(48)31-21-35(30-14-13-27(40(3,4)5)38(49)47(30)31)55-34-20-29(28-11-9-10-24(2)44-28)45-37-26(34)12-15-33(36(37)43)54-19-18-53-7/h8-12,15,20,25,27,30-31,35H,1,13-14,16-19,21-23H2,2-7H3,(H,46,50)/t25-,27+,30-,31+,35-,42-/m1/s1. The Morgan fingerprint density at radius 2 is 1.84 bits per heavy atom. The van der Waals surface area contributed by atoms with Crippen LogP contribution >= 0.6 is 11.6 Å². The Morgan fingerprint density at radius 3 is 2.48 bits per heavy atom. The summed E-state index contributed by atoms with van der Waals surface area (Å²) in [5, 5.41) is 0.914. The van der Waals surface area contributed by atoms with Gasteiger partial charge in [0.05, 0.1) is 45.8 Å². The fourth-order valence-corrected chi connectivity index (χ4v) is 10.0. The van der Waals surface area contributed by atoms with Gasteiger partial charge in [-0.1, -0.05) is 44.5 Å².